The number of nitriles is 1. The fourth-order valence-electron chi connectivity index (χ4n) is 2.34. The normalized spacial score (nSPS) is 10.7. The van der Waals surface area contributed by atoms with Gasteiger partial charge < -0.3 is 14.8 Å². The highest BCUT2D eigenvalue weighted by atomic mass is 32.2. The molecule has 29 heavy (non-hydrogen) atoms. The highest BCUT2D eigenvalue weighted by Crippen LogP contribution is 2.23. The van der Waals surface area contributed by atoms with Crippen LogP contribution in [0, 0.1) is 11.3 Å². The summed E-state index contributed by atoms with van der Waals surface area (Å²) in [5, 5.41) is 11.1. The summed E-state index contributed by atoms with van der Waals surface area (Å²) in [6.07, 6.45) is 0.0457. The van der Waals surface area contributed by atoms with Crippen molar-refractivity contribution >= 4 is 27.6 Å². The third-order valence-corrected chi connectivity index (χ3v) is 5.31. The second-order valence-corrected chi connectivity index (χ2v) is 7.45. The van der Waals surface area contributed by atoms with Crippen LogP contribution in [-0.4, -0.2) is 41.1 Å². The summed E-state index contributed by atoms with van der Waals surface area (Å²) in [6, 6.07) is 11.6. The van der Waals surface area contributed by atoms with Gasteiger partial charge >= 0.3 is 5.97 Å². The van der Waals surface area contributed by atoms with E-state index in [-0.39, 0.29) is 34.7 Å². The minimum atomic E-state index is -3.77. The molecule has 152 valence electrons. The van der Waals surface area contributed by atoms with Crippen LogP contribution in [0.5, 0.6) is 5.75 Å². The number of benzene rings is 2. The van der Waals surface area contributed by atoms with Crippen molar-refractivity contribution in [3.63, 3.8) is 0 Å². The smallest absolute Gasteiger partial charge is 0.340 e. The molecule has 0 unspecified atom stereocenters. The second-order valence-electron chi connectivity index (χ2n) is 5.69. The number of carbonyl (C=O) groups excluding carboxylic acids is 2. The maximum Gasteiger partial charge on any atom is 0.340 e. The zero-order chi connectivity index (χ0) is 21.4. The van der Waals surface area contributed by atoms with E-state index in [1.807, 2.05) is 6.07 Å². The molecule has 2 N–H and O–H groups in total. The summed E-state index contributed by atoms with van der Waals surface area (Å²) in [5.74, 6) is -0.771. The Morgan fingerprint density at radius 1 is 1.10 bits per heavy atom. The SMILES string of the molecule is COC(=O)c1cc(OC)ccc1NC(=O)c1ccc(S(=O)(=O)NCCC#N)cc1. The van der Waals surface area contributed by atoms with E-state index in [4.69, 9.17) is 14.7 Å². The number of ether oxygens (including phenoxy) is 2. The number of sulfonamides is 1. The van der Waals surface area contributed by atoms with E-state index >= 15 is 0 Å². The molecule has 0 fully saturated rings. The van der Waals surface area contributed by atoms with E-state index in [0.717, 1.165) is 0 Å². The van der Waals surface area contributed by atoms with E-state index in [9.17, 15) is 18.0 Å². The van der Waals surface area contributed by atoms with E-state index in [0.29, 0.717) is 5.75 Å². The van der Waals surface area contributed by atoms with Crippen molar-refractivity contribution in [2.45, 2.75) is 11.3 Å². The van der Waals surface area contributed by atoms with Gasteiger partial charge in [-0.15, -0.1) is 0 Å². The second kappa shape index (κ2) is 9.68. The fourth-order valence-corrected chi connectivity index (χ4v) is 3.37. The van der Waals surface area contributed by atoms with Gasteiger partial charge in [-0.3, -0.25) is 4.79 Å². The van der Waals surface area contributed by atoms with Gasteiger partial charge in [0.15, 0.2) is 0 Å². The average Bonchev–Trinajstić information content (AvgIpc) is 2.73. The average molecular weight is 417 g/mol. The molecule has 0 saturated heterocycles. The molecule has 2 aromatic rings. The zero-order valence-corrected chi connectivity index (χ0v) is 16.6. The summed E-state index contributed by atoms with van der Waals surface area (Å²) in [6.45, 7) is -0.00511. The van der Waals surface area contributed by atoms with Crippen molar-refractivity contribution in [1.29, 1.82) is 5.26 Å². The van der Waals surface area contributed by atoms with Crippen LogP contribution in [0.25, 0.3) is 0 Å². The Hall–Kier alpha value is -3.42. The molecule has 1 amide bonds. The number of esters is 1. The number of nitrogens with one attached hydrogen (secondary N) is 2. The molecule has 0 aliphatic carbocycles. The van der Waals surface area contributed by atoms with Gasteiger partial charge in [-0.2, -0.15) is 5.26 Å². The van der Waals surface area contributed by atoms with E-state index in [1.54, 1.807) is 6.07 Å². The van der Waals surface area contributed by atoms with Crippen LogP contribution >= 0.6 is 0 Å². The molecule has 0 heterocycles. The number of methoxy groups -OCH3 is 2. The predicted octanol–water partition coefficient (Wildman–Crippen LogP) is 1.93. The number of hydrogen-bond acceptors (Lipinski definition) is 7. The Kier molecular flexibility index (Phi) is 7.30. The van der Waals surface area contributed by atoms with Gasteiger partial charge in [-0.25, -0.2) is 17.9 Å². The minimum absolute atomic E-state index is 0.00511. The highest BCUT2D eigenvalue weighted by molar-refractivity contribution is 7.89. The number of amides is 1. The quantitative estimate of drug-likeness (QED) is 0.495. The molecule has 10 heteroatoms. The molecule has 0 aromatic heterocycles. The number of rotatable bonds is 8. The van der Waals surface area contributed by atoms with Gasteiger partial charge in [0.1, 0.15) is 5.75 Å². The van der Waals surface area contributed by atoms with Gasteiger partial charge in [0.25, 0.3) is 5.91 Å². The maximum absolute atomic E-state index is 12.5. The molecule has 2 aromatic carbocycles. The van der Waals surface area contributed by atoms with Crippen LogP contribution in [0.4, 0.5) is 5.69 Å². The first kappa shape index (κ1) is 21.9. The third kappa shape index (κ3) is 5.54. The van der Waals surface area contributed by atoms with Crippen molar-refractivity contribution in [1.82, 2.24) is 4.72 Å². The topological polar surface area (TPSA) is 135 Å². The Morgan fingerprint density at radius 3 is 2.38 bits per heavy atom. The van der Waals surface area contributed by atoms with Gasteiger partial charge in [0.05, 0.1) is 36.4 Å². The molecule has 0 spiro atoms. The Bertz CT molecular complexity index is 1040. The number of nitrogens with zero attached hydrogens (tertiary/aromatic N) is 1. The van der Waals surface area contributed by atoms with Gasteiger partial charge in [0.2, 0.25) is 10.0 Å². The summed E-state index contributed by atoms with van der Waals surface area (Å²) < 4.78 is 36.3. The third-order valence-electron chi connectivity index (χ3n) is 3.84. The summed E-state index contributed by atoms with van der Waals surface area (Å²) in [4.78, 5) is 24.4. The van der Waals surface area contributed by atoms with Crippen molar-refractivity contribution in [2.75, 3.05) is 26.1 Å². The maximum atomic E-state index is 12.5. The highest BCUT2D eigenvalue weighted by Gasteiger charge is 2.18. The van der Waals surface area contributed by atoms with Crippen LogP contribution < -0.4 is 14.8 Å². The summed E-state index contributed by atoms with van der Waals surface area (Å²) >= 11 is 0. The predicted molar refractivity (Wildman–Crippen MR) is 104 cm³/mol. The molecule has 0 bridgehead atoms. The molecule has 0 radical (unpaired) electrons. The monoisotopic (exact) mass is 417 g/mol. The molecule has 2 rings (SSSR count). The first-order valence-electron chi connectivity index (χ1n) is 8.36. The fraction of sp³-hybridized carbons (Fsp3) is 0.211. The van der Waals surface area contributed by atoms with Crippen LogP contribution in [0.1, 0.15) is 27.1 Å². The molecule has 0 aliphatic heterocycles. The van der Waals surface area contributed by atoms with Gasteiger partial charge in [0, 0.05) is 18.5 Å². The number of hydrogen-bond donors (Lipinski definition) is 2. The first-order valence-corrected chi connectivity index (χ1v) is 9.85. The van der Waals surface area contributed by atoms with E-state index < -0.39 is 21.9 Å². The molecule has 0 aliphatic rings. The van der Waals surface area contributed by atoms with Crippen LogP contribution in [-0.2, 0) is 14.8 Å². The van der Waals surface area contributed by atoms with Crippen LogP contribution in [0.2, 0.25) is 0 Å². The first-order chi connectivity index (χ1) is 13.8. The standard InChI is InChI=1S/C19H19N3O6S/c1-27-14-6-9-17(16(12-14)19(24)28-2)22-18(23)13-4-7-15(8-5-13)29(25,26)21-11-3-10-20/h4-9,12,21H,3,11H2,1-2H3,(H,22,23). The number of carbonyl (C=O) groups is 2. The Labute approximate surface area is 168 Å². The van der Waals surface area contributed by atoms with Crippen molar-refractivity contribution < 1.29 is 27.5 Å². The lowest BCUT2D eigenvalue weighted by molar-refractivity contribution is 0.0601. The van der Waals surface area contributed by atoms with Gasteiger partial charge in [-0.1, -0.05) is 0 Å². The molecule has 9 nitrogen and oxygen atoms in total. The summed E-state index contributed by atoms with van der Waals surface area (Å²) in [5.41, 5.74) is 0.520. The molecule has 0 atom stereocenters. The van der Waals surface area contributed by atoms with E-state index in [2.05, 4.69) is 10.0 Å². The minimum Gasteiger partial charge on any atom is -0.497 e. The molecule has 0 saturated carbocycles. The molecular weight excluding hydrogens is 398 g/mol. The molecular formula is C19H19N3O6S. The zero-order valence-electron chi connectivity index (χ0n) is 15.8. The lowest BCUT2D eigenvalue weighted by Gasteiger charge is -2.12. The number of anilines is 1. The van der Waals surface area contributed by atoms with Crippen molar-refractivity contribution in [3.8, 4) is 11.8 Å². The van der Waals surface area contributed by atoms with Crippen molar-refractivity contribution in [2.24, 2.45) is 0 Å². The van der Waals surface area contributed by atoms with E-state index in [1.165, 1.54) is 50.6 Å². The van der Waals surface area contributed by atoms with Crippen LogP contribution in [0.15, 0.2) is 47.4 Å². The van der Waals surface area contributed by atoms with Gasteiger partial charge in [-0.05, 0) is 42.5 Å². The Morgan fingerprint density at radius 2 is 1.79 bits per heavy atom. The largest absolute Gasteiger partial charge is 0.497 e. The van der Waals surface area contributed by atoms with Crippen molar-refractivity contribution in [3.05, 3.63) is 53.6 Å². The summed E-state index contributed by atoms with van der Waals surface area (Å²) in [7, 11) is -1.11. The van der Waals surface area contributed by atoms with Crippen LogP contribution in [0.3, 0.4) is 0 Å². The Balaban J connectivity index is 2.20. The lowest BCUT2D eigenvalue weighted by Crippen LogP contribution is -2.24. The lowest BCUT2D eigenvalue weighted by atomic mass is 10.1.